The van der Waals surface area contributed by atoms with Crippen LogP contribution in [0.25, 0.3) is 5.95 Å². The molecule has 144 valence electrons. The second-order valence-corrected chi connectivity index (χ2v) is 5.78. The number of amides is 1. The van der Waals surface area contributed by atoms with Crippen LogP contribution in [0.15, 0.2) is 34.2 Å². The summed E-state index contributed by atoms with van der Waals surface area (Å²) in [5.41, 5.74) is 3.41. The highest BCUT2D eigenvalue weighted by Gasteiger charge is 2.17. The minimum Gasteiger partial charge on any atom is -0.504 e. The molecular weight excluding hydrogens is 366 g/mol. The van der Waals surface area contributed by atoms with E-state index >= 15 is 0 Å². The molecule has 0 fully saturated rings. The number of methoxy groups -OCH3 is 1. The maximum absolute atomic E-state index is 12.5. The van der Waals surface area contributed by atoms with E-state index in [0.717, 1.165) is 0 Å². The van der Waals surface area contributed by atoms with Gasteiger partial charge in [0.1, 0.15) is 11.4 Å². The Morgan fingerprint density at radius 3 is 2.82 bits per heavy atom. The Kier molecular flexibility index (Phi) is 5.16. The van der Waals surface area contributed by atoms with Gasteiger partial charge in [0.05, 0.1) is 19.0 Å². The van der Waals surface area contributed by atoms with Crippen LogP contribution in [-0.4, -0.2) is 49.3 Å². The van der Waals surface area contributed by atoms with Crippen molar-refractivity contribution in [2.45, 2.75) is 13.8 Å². The molecule has 28 heavy (non-hydrogen) atoms. The third-order valence-corrected chi connectivity index (χ3v) is 3.70. The normalized spacial score (nSPS) is 11.0. The van der Waals surface area contributed by atoms with E-state index in [1.807, 2.05) is 0 Å². The van der Waals surface area contributed by atoms with Gasteiger partial charge in [0.15, 0.2) is 11.5 Å². The minimum absolute atomic E-state index is 0.00346. The van der Waals surface area contributed by atoms with Gasteiger partial charge >= 0.3 is 0 Å². The number of carbonyl (C=O) groups excluding carboxylic acids is 1. The topological polar surface area (TPSA) is 147 Å². The summed E-state index contributed by atoms with van der Waals surface area (Å²) in [4.78, 5) is 26.8. The predicted octanol–water partition coefficient (Wildman–Crippen LogP) is 0.446. The van der Waals surface area contributed by atoms with E-state index < -0.39 is 11.5 Å². The molecule has 1 amide bonds. The molecule has 3 rings (SSSR count). The number of benzene rings is 1. The second kappa shape index (κ2) is 7.70. The molecule has 1 aromatic carbocycles. The molecule has 11 heteroatoms. The van der Waals surface area contributed by atoms with E-state index in [1.165, 1.54) is 37.1 Å². The summed E-state index contributed by atoms with van der Waals surface area (Å²) >= 11 is 0. The van der Waals surface area contributed by atoms with Crippen molar-refractivity contribution in [3.05, 3.63) is 57.3 Å². The molecule has 0 spiro atoms. The number of nitrogens with zero attached hydrogens (tertiary/aromatic N) is 5. The van der Waals surface area contributed by atoms with Gasteiger partial charge in [-0.3, -0.25) is 14.6 Å². The molecule has 0 atom stereocenters. The average molecular weight is 383 g/mol. The lowest BCUT2D eigenvalue weighted by molar-refractivity contribution is 0.0947. The number of nitrogens with one attached hydrogen (secondary N) is 2. The van der Waals surface area contributed by atoms with Crippen LogP contribution in [0.4, 0.5) is 0 Å². The third kappa shape index (κ3) is 3.87. The number of aryl methyl sites for hydroxylation is 2. The molecule has 2 aromatic heterocycles. The maximum Gasteiger partial charge on any atom is 0.290 e. The molecule has 0 unspecified atom stereocenters. The van der Waals surface area contributed by atoms with Crippen LogP contribution in [0, 0.1) is 13.8 Å². The zero-order valence-electron chi connectivity index (χ0n) is 15.3. The van der Waals surface area contributed by atoms with E-state index in [-0.39, 0.29) is 28.8 Å². The highest BCUT2D eigenvalue weighted by Crippen LogP contribution is 2.25. The minimum atomic E-state index is -0.564. The number of hydrogen-bond donors (Lipinski definition) is 3. The van der Waals surface area contributed by atoms with Crippen LogP contribution >= 0.6 is 0 Å². The van der Waals surface area contributed by atoms with Gasteiger partial charge in [-0.25, -0.2) is 5.43 Å². The molecule has 0 saturated heterocycles. The summed E-state index contributed by atoms with van der Waals surface area (Å²) in [7, 11) is 1.43. The van der Waals surface area contributed by atoms with Gasteiger partial charge in [-0.2, -0.15) is 14.9 Å². The number of ether oxygens (including phenoxy) is 1. The molecule has 0 radical (unpaired) electrons. The largest absolute Gasteiger partial charge is 0.504 e. The molecule has 11 nitrogen and oxygen atoms in total. The first kappa shape index (κ1) is 18.8. The van der Waals surface area contributed by atoms with Crippen LogP contribution in [-0.2, 0) is 0 Å². The van der Waals surface area contributed by atoms with Crippen LogP contribution in [0.2, 0.25) is 0 Å². The van der Waals surface area contributed by atoms with Gasteiger partial charge in [0.25, 0.3) is 17.4 Å². The predicted molar refractivity (Wildman–Crippen MR) is 99.0 cm³/mol. The first-order valence-electron chi connectivity index (χ1n) is 8.10. The fourth-order valence-electron chi connectivity index (χ4n) is 2.30. The van der Waals surface area contributed by atoms with E-state index in [4.69, 9.17) is 4.74 Å². The maximum atomic E-state index is 12.5. The van der Waals surface area contributed by atoms with Gasteiger partial charge in [-0.05, 0) is 43.7 Å². The SMILES string of the molecule is COc1cc(/C=N\NC(=O)c2cc(C)nn2-c2nnc(C)c(=O)[nH]2)ccc1O. The van der Waals surface area contributed by atoms with Gasteiger partial charge in [-0.1, -0.05) is 0 Å². The molecule has 3 aromatic rings. The molecule has 0 bridgehead atoms. The molecule has 0 saturated carbocycles. The molecule has 2 heterocycles. The van der Waals surface area contributed by atoms with Crippen LogP contribution in [0.5, 0.6) is 11.5 Å². The van der Waals surface area contributed by atoms with E-state index in [1.54, 1.807) is 19.1 Å². The number of H-pyrrole nitrogens is 1. The molecule has 0 aliphatic carbocycles. The van der Waals surface area contributed by atoms with Crippen molar-refractivity contribution in [2.24, 2.45) is 5.10 Å². The van der Waals surface area contributed by atoms with Crippen molar-refractivity contribution in [1.82, 2.24) is 30.4 Å². The number of hydrogen-bond acceptors (Lipinski definition) is 8. The van der Waals surface area contributed by atoms with Gasteiger partial charge < -0.3 is 9.84 Å². The van der Waals surface area contributed by atoms with Gasteiger partial charge in [-0.15, -0.1) is 10.2 Å². The lowest BCUT2D eigenvalue weighted by Gasteiger charge is -2.05. The Morgan fingerprint density at radius 1 is 1.32 bits per heavy atom. The van der Waals surface area contributed by atoms with Crippen LogP contribution in [0.1, 0.15) is 27.4 Å². The fourth-order valence-corrected chi connectivity index (χ4v) is 2.30. The van der Waals surface area contributed by atoms with Crippen molar-refractivity contribution in [3.8, 4) is 17.4 Å². The summed E-state index contributed by atoms with van der Waals surface area (Å²) in [5.74, 6) is -0.269. The van der Waals surface area contributed by atoms with E-state index in [9.17, 15) is 14.7 Å². The number of hydrazone groups is 1. The van der Waals surface area contributed by atoms with Crippen molar-refractivity contribution >= 4 is 12.1 Å². The summed E-state index contributed by atoms with van der Waals surface area (Å²) < 4.78 is 6.19. The molecule has 3 N–H and O–H groups in total. The Bertz CT molecular complexity index is 1120. The van der Waals surface area contributed by atoms with E-state index in [0.29, 0.717) is 11.3 Å². The highest BCUT2D eigenvalue weighted by atomic mass is 16.5. The first-order valence-corrected chi connectivity index (χ1v) is 8.10. The number of aromatic nitrogens is 5. The highest BCUT2D eigenvalue weighted by molar-refractivity contribution is 5.94. The smallest absolute Gasteiger partial charge is 0.290 e. The summed E-state index contributed by atoms with van der Waals surface area (Å²) in [6.45, 7) is 3.21. The van der Waals surface area contributed by atoms with Gasteiger partial charge in [0, 0.05) is 0 Å². The molecule has 0 aliphatic heterocycles. The Balaban J connectivity index is 1.81. The van der Waals surface area contributed by atoms with Crippen molar-refractivity contribution in [3.63, 3.8) is 0 Å². The molecule has 0 aliphatic rings. The zero-order chi connectivity index (χ0) is 20.3. The monoisotopic (exact) mass is 383 g/mol. The quantitative estimate of drug-likeness (QED) is 0.428. The molecular formula is C17H17N7O4. The van der Waals surface area contributed by atoms with Gasteiger partial charge in [0.2, 0.25) is 0 Å². The lowest BCUT2D eigenvalue weighted by atomic mass is 10.2. The lowest BCUT2D eigenvalue weighted by Crippen LogP contribution is -2.24. The second-order valence-electron chi connectivity index (χ2n) is 5.78. The Morgan fingerprint density at radius 2 is 2.11 bits per heavy atom. The standard InChI is InChI=1S/C17H17N7O4/c1-9-6-12(24(23-9)17-19-15(26)10(2)20-22-17)16(27)21-18-8-11-4-5-13(25)14(7-11)28-3/h4-8,25H,1-3H3,(H,21,27)(H,19,22,26)/b18-8-. The number of carbonyl (C=O) groups is 1. The Labute approximate surface area is 158 Å². The number of aromatic amines is 1. The zero-order valence-corrected chi connectivity index (χ0v) is 15.3. The van der Waals surface area contributed by atoms with Crippen LogP contribution < -0.4 is 15.7 Å². The van der Waals surface area contributed by atoms with Crippen molar-refractivity contribution in [1.29, 1.82) is 0 Å². The van der Waals surface area contributed by atoms with Crippen molar-refractivity contribution in [2.75, 3.05) is 7.11 Å². The summed E-state index contributed by atoms with van der Waals surface area (Å²) in [6, 6.07) is 6.14. The number of phenolic OH excluding ortho intramolecular Hbond substituents is 1. The number of phenols is 1. The van der Waals surface area contributed by atoms with E-state index in [2.05, 4.69) is 30.8 Å². The third-order valence-electron chi connectivity index (χ3n) is 3.70. The fraction of sp³-hybridized carbons (Fsp3) is 0.176. The average Bonchev–Trinajstić information content (AvgIpc) is 3.07. The number of aromatic hydroxyl groups is 1. The summed E-state index contributed by atoms with van der Waals surface area (Å²) in [5, 5.41) is 25.2. The van der Waals surface area contributed by atoms with Crippen LogP contribution in [0.3, 0.4) is 0 Å². The summed E-state index contributed by atoms with van der Waals surface area (Å²) in [6.07, 6.45) is 1.39. The van der Waals surface area contributed by atoms with Crippen molar-refractivity contribution < 1.29 is 14.6 Å². The first-order chi connectivity index (χ1) is 13.4. The Hall–Kier alpha value is -4.02. The number of rotatable bonds is 5.